The molecule has 38 heavy (non-hydrogen) atoms. The third-order valence-electron chi connectivity index (χ3n) is 6.54. The Morgan fingerprint density at radius 1 is 1.00 bits per heavy atom. The van der Waals surface area contributed by atoms with Gasteiger partial charge in [-0.2, -0.15) is 0 Å². The van der Waals surface area contributed by atoms with E-state index in [9.17, 15) is 4.79 Å². The number of aromatic nitrogens is 1. The summed E-state index contributed by atoms with van der Waals surface area (Å²) in [6.07, 6.45) is 0.930. The fraction of sp³-hybridized carbons (Fsp3) is 0.200. The van der Waals surface area contributed by atoms with Crippen LogP contribution in [0.15, 0.2) is 78.9 Å². The molecule has 0 spiro atoms. The van der Waals surface area contributed by atoms with E-state index in [1.54, 1.807) is 22.7 Å². The minimum Gasteiger partial charge on any atom is -0.484 e. The molecule has 0 radical (unpaired) electrons. The van der Waals surface area contributed by atoms with Crippen LogP contribution in [0.5, 0.6) is 5.75 Å². The Morgan fingerprint density at radius 3 is 2.55 bits per heavy atom. The molecule has 1 amide bonds. The number of rotatable bonds is 7. The van der Waals surface area contributed by atoms with Crippen LogP contribution in [0.3, 0.4) is 0 Å². The number of amides is 1. The number of aryl methyl sites for hydroxylation is 1. The first-order valence-corrected chi connectivity index (χ1v) is 14.0. The maximum atomic E-state index is 13.0. The smallest absolute Gasteiger partial charge is 0.262 e. The second-order valence-electron chi connectivity index (χ2n) is 9.29. The van der Waals surface area contributed by atoms with Crippen LogP contribution in [0.1, 0.15) is 21.6 Å². The summed E-state index contributed by atoms with van der Waals surface area (Å²) in [5.74, 6) is 0.525. The van der Waals surface area contributed by atoms with Crippen LogP contribution in [-0.2, 0) is 24.3 Å². The van der Waals surface area contributed by atoms with Crippen molar-refractivity contribution in [2.24, 2.45) is 0 Å². The third-order valence-corrected chi connectivity index (χ3v) is 8.72. The summed E-state index contributed by atoms with van der Waals surface area (Å²) in [5.41, 5.74) is 5.84. The minimum absolute atomic E-state index is 0. The average Bonchev–Trinajstić information content (AvgIpc) is 3.49. The number of hydrogen-bond donors (Lipinski definition) is 1. The van der Waals surface area contributed by atoms with Gasteiger partial charge in [0.15, 0.2) is 6.61 Å². The Hall–Kier alpha value is -3.23. The van der Waals surface area contributed by atoms with E-state index in [4.69, 9.17) is 9.72 Å². The zero-order valence-corrected chi connectivity index (χ0v) is 23.4. The second kappa shape index (κ2) is 11.7. The largest absolute Gasteiger partial charge is 0.484 e. The highest BCUT2D eigenvalue weighted by atomic mass is 35.5. The molecule has 0 saturated carbocycles. The van der Waals surface area contributed by atoms with Gasteiger partial charge in [0, 0.05) is 30.1 Å². The Labute approximate surface area is 236 Å². The number of carbonyl (C=O) groups is 1. The zero-order valence-electron chi connectivity index (χ0n) is 21.0. The molecule has 3 heterocycles. The van der Waals surface area contributed by atoms with Gasteiger partial charge in [-0.3, -0.25) is 9.69 Å². The number of nitrogens with zero attached hydrogens (tertiary/aromatic N) is 2. The number of carbonyl (C=O) groups excluding carboxylic acids is 1. The van der Waals surface area contributed by atoms with Crippen molar-refractivity contribution in [2.75, 3.05) is 18.5 Å². The Balaban J connectivity index is 0.00000294. The molecular weight excluding hydrogens is 534 g/mol. The van der Waals surface area contributed by atoms with Crippen molar-refractivity contribution < 1.29 is 9.53 Å². The predicted octanol–water partition coefficient (Wildman–Crippen LogP) is 7.33. The first-order valence-electron chi connectivity index (χ1n) is 12.4. The van der Waals surface area contributed by atoms with Crippen molar-refractivity contribution in [3.8, 4) is 16.3 Å². The predicted molar refractivity (Wildman–Crippen MR) is 160 cm³/mol. The maximum Gasteiger partial charge on any atom is 0.262 e. The van der Waals surface area contributed by atoms with Crippen LogP contribution in [0.2, 0.25) is 0 Å². The van der Waals surface area contributed by atoms with Gasteiger partial charge in [-0.05, 0) is 48.7 Å². The first-order chi connectivity index (χ1) is 18.1. The van der Waals surface area contributed by atoms with Gasteiger partial charge in [0.05, 0.1) is 10.2 Å². The lowest BCUT2D eigenvalue weighted by Gasteiger charge is -2.27. The maximum absolute atomic E-state index is 13.0. The van der Waals surface area contributed by atoms with Gasteiger partial charge in [-0.25, -0.2) is 4.98 Å². The van der Waals surface area contributed by atoms with Crippen LogP contribution in [0, 0.1) is 6.92 Å². The quantitative estimate of drug-likeness (QED) is 0.226. The fourth-order valence-electron chi connectivity index (χ4n) is 4.67. The molecule has 1 N–H and O–H groups in total. The van der Waals surface area contributed by atoms with E-state index in [1.807, 2.05) is 49.4 Å². The summed E-state index contributed by atoms with van der Waals surface area (Å²) in [5, 5.41) is 4.99. The number of halogens is 1. The first kappa shape index (κ1) is 26.4. The number of nitrogens with one attached hydrogen (secondary N) is 1. The lowest BCUT2D eigenvalue weighted by molar-refractivity contribution is -0.118. The molecule has 8 heteroatoms. The van der Waals surface area contributed by atoms with E-state index >= 15 is 0 Å². The molecular formula is C30H28ClN3O2S2. The molecule has 0 saturated heterocycles. The number of anilines is 1. The fourth-order valence-corrected chi connectivity index (χ4v) is 7.09. The summed E-state index contributed by atoms with van der Waals surface area (Å²) >= 11 is 3.35. The summed E-state index contributed by atoms with van der Waals surface area (Å²) in [6.45, 7) is 4.74. The SMILES string of the molecule is Cc1ccc(OCC(=O)Nc2sc3c(c2-c2nc4ccccc4s2)CCN(Cc2ccccc2)C3)cc1.Cl. The molecule has 0 fully saturated rings. The number of fused-ring (bicyclic) bond motifs is 2. The monoisotopic (exact) mass is 561 g/mol. The van der Waals surface area contributed by atoms with E-state index < -0.39 is 0 Å². The molecule has 2 aromatic heterocycles. The second-order valence-corrected chi connectivity index (χ2v) is 11.4. The summed E-state index contributed by atoms with van der Waals surface area (Å²) in [6, 6.07) is 26.5. The van der Waals surface area contributed by atoms with Crippen molar-refractivity contribution in [1.29, 1.82) is 0 Å². The van der Waals surface area contributed by atoms with Crippen LogP contribution in [-0.4, -0.2) is 28.9 Å². The lowest BCUT2D eigenvalue weighted by Crippen LogP contribution is -2.29. The van der Waals surface area contributed by atoms with Gasteiger partial charge < -0.3 is 10.1 Å². The summed E-state index contributed by atoms with van der Waals surface area (Å²) < 4.78 is 6.90. The van der Waals surface area contributed by atoms with Crippen molar-refractivity contribution in [2.45, 2.75) is 26.4 Å². The number of hydrogen-bond acceptors (Lipinski definition) is 6. The molecule has 1 aliphatic heterocycles. The number of thiophene rings is 1. The number of para-hydroxylation sites is 1. The van der Waals surface area contributed by atoms with Gasteiger partial charge in [-0.15, -0.1) is 35.1 Å². The van der Waals surface area contributed by atoms with Crippen LogP contribution in [0.4, 0.5) is 5.00 Å². The highest BCUT2D eigenvalue weighted by Crippen LogP contribution is 2.45. The molecule has 0 unspecified atom stereocenters. The molecule has 1 aliphatic rings. The molecule has 0 bridgehead atoms. The van der Waals surface area contributed by atoms with Crippen LogP contribution < -0.4 is 10.1 Å². The summed E-state index contributed by atoms with van der Waals surface area (Å²) in [7, 11) is 0. The van der Waals surface area contributed by atoms with E-state index in [-0.39, 0.29) is 24.9 Å². The molecule has 6 rings (SSSR count). The van der Waals surface area contributed by atoms with Gasteiger partial charge >= 0.3 is 0 Å². The van der Waals surface area contributed by atoms with Crippen molar-refractivity contribution in [3.63, 3.8) is 0 Å². The topological polar surface area (TPSA) is 54.5 Å². The van der Waals surface area contributed by atoms with Gasteiger partial charge in [0.25, 0.3) is 5.91 Å². The molecule has 3 aromatic carbocycles. The van der Waals surface area contributed by atoms with E-state index in [0.717, 1.165) is 57.4 Å². The molecule has 0 atom stereocenters. The summed E-state index contributed by atoms with van der Waals surface area (Å²) in [4.78, 5) is 21.7. The lowest BCUT2D eigenvalue weighted by atomic mass is 10.0. The van der Waals surface area contributed by atoms with Crippen molar-refractivity contribution in [3.05, 3.63) is 100 Å². The highest BCUT2D eigenvalue weighted by molar-refractivity contribution is 7.22. The number of ether oxygens (including phenoxy) is 1. The molecule has 5 aromatic rings. The van der Waals surface area contributed by atoms with E-state index in [0.29, 0.717) is 5.75 Å². The Bertz CT molecular complexity index is 1510. The van der Waals surface area contributed by atoms with Crippen molar-refractivity contribution >= 4 is 56.2 Å². The molecule has 194 valence electrons. The van der Waals surface area contributed by atoms with E-state index in [1.165, 1.54) is 16.0 Å². The standard InChI is InChI=1S/C30H27N3O2S2.ClH/c1-20-11-13-22(14-12-20)35-19-27(34)32-30-28(29-31-24-9-5-6-10-25(24)36-29)23-15-16-33(18-26(23)37-30)17-21-7-3-2-4-8-21;/h2-14H,15-19H2,1H3,(H,32,34);1H. The van der Waals surface area contributed by atoms with Gasteiger partial charge in [-0.1, -0.05) is 60.2 Å². The molecule has 0 aliphatic carbocycles. The minimum atomic E-state index is -0.164. The normalized spacial score (nSPS) is 13.1. The third kappa shape index (κ3) is 5.76. The highest BCUT2D eigenvalue weighted by Gasteiger charge is 2.28. The number of benzene rings is 3. The van der Waals surface area contributed by atoms with Crippen LogP contribution >= 0.6 is 35.1 Å². The zero-order chi connectivity index (χ0) is 25.2. The number of thiazole rings is 1. The average molecular weight is 562 g/mol. The van der Waals surface area contributed by atoms with Crippen LogP contribution in [0.25, 0.3) is 20.8 Å². The van der Waals surface area contributed by atoms with Gasteiger partial charge in [0.1, 0.15) is 15.8 Å². The Kier molecular flexibility index (Phi) is 8.09. The Morgan fingerprint density at radius 2 is 1.76 bits per heavy atom. The van der Waals surface area contributed by atoms with E-state index in [2.05, 4.69) is 46.6 Å². The van der Waals surface area contributed by atoms with Gasteiger partial charge in [0.2, 0.25) is 0 Å². The van der Waals surface area contributed by atoms with Crippen molar-refractivity contribution in [1.82, 2.24) is 9.88 Å². The molecule has 5 nitrogen and oxygen atoms in total.